The fourth-order valence-corrected chi connectivity index (χ4v) is 2.59. The van der Waals surface area contributed by atoms with Crippen LogP contribution in [0.1, 0.15) is 16.1 Å². The van der Waals surface area contributed by atoms with E-state index in [9.17, 15) is 9.59 Å². The maximum absolute atomic E-state index is 11.7. The molecule has 0 spiro atoms. The first-order chi connectivity index (χ1) is 9.60. The zero-order valence-electron chi connectivity index (χ0n) is 10.4. The standard InChI is InChI=1S/C13H12ClN3O2S/c14-5-10-7-20-13(17-10)9-3-1-8(2-4-9)12(19)16-6-11(15)18/h1-4,7H,5-6H2,(H2,15,18)(H,16,19). The molecule has 0 saturated carbocycles. The molecule has 0 radical (unpaired) electrons. The fraction of sp³-hybridized carbons (Fsp3) is 0.154. The number of benzene rings is 1. The van der Waals surface area contributed by atoms with Crippen molar-refractivity contribution in [2.75, 3.05) is 6.54 Å². The second-order valence-electron chi connectivity index (χ2n) is 4.00. The van der Waals surface area contributed by atoms with E-state index in [0.29, 0.717) is 11.4 Å². The maximum atomic E-state index is 11.7. The Kier molecular flexibility index (Phi) is 4.70. The lowest BCUT2D eigenvalue weighted by Crippen LogP contribution is -2.33. The molecule has 0 unspecified atom stereocenters. The average Bonchev–Trinajstić information content (AvgIpc) is 2.94. The molecule has 1 aromatic carbocycles. The van der Waals surface area contributed by atoms with Gasteiger partial charge in [-0.25, -0.2) is 4.98 Å². The molecule has 2 rings (SSSR count). The molecule has 0 saturated heterocycles. The van der Waals surface area contributed by atoms with E-state index in [2.05, 4.69) is 10.3 Å². The zero-order chi connectivity index (χ0) is 14.5. The number of nitrogens with one attached hydrogen (secondary N) is 1. The van der Waals surface area contributed by atoms with Crippen LogP contribution in [0.25, 0.3) is 10.6 Å². The van der Waals surface area contributed by atoms with Crippen LogP contribution >= 0.6 is 22.9 Å². The molecule has 2 amide bonds. The Labute approximate surface area is 124 Å². The lowest BCUT2D eigenvalue weighted by atomic mass is 10.1. The Bertz CT molecular complexity index is 625. The number of carbonyl (C=O) groups excluding carboxylic acids is 2. The first-order valence-corrected chi connectivity index (χ1v) is 7.19. The van der Waals surface area contributed by atoms with Gasteiger partial charge in [-0.1, -0.05) is 12.1 Å². The van der Waals surface area contributed by atoms with Crippen LogP contribution in [0.5, 0.6) is 0 Å². The SMILES string of the molecule is NC(=O)CNC(=O)c1ccc(-c2nc(CCl)cs2)cc1. The molecule has 7 heteroatoms. The summed E-state index contributed by atoms with van der Waals surface area (Å²) < 4.78 is 0. The molecule has 0 atom stereocenters. The van der Waals surface area contributed by atoms with Crippen molar-refractivity contribution in [1.29, 1.82) is 0 Å². The molecule has 104 valence electrons. The molecule has 0 aliphatic heterocycles. The Morgan fingerprint density at radius 3 is 2.55 bits per heavy atom. The maximum Gasteiger partial charge on any atom is 0.251 e. The highest BCUT2D eigenvalue weighted by atomic mass is 35.5. The number of aromatic nitrogens is 1. The Morgan fingerprint density at radius 1 is 1.30 bits per heavy atom. The van der Waals surface area contributed by atoms with Crippen molar-refractivity contribution < 1.29 is 9.59 Å². The summed E-state index contributed by atoms with van der Waals surface area (Å²) in [5.74, 6) is -0.535. The number of rotatable bonds is 5. The van der Waals surface area contributed by atoms with Gasteiger partial charge in [0.15, 0.2) is 0 Å². The Hall–Kier alpha value is -1.92. The third-order valence-electron chi connectivity index (χ3n) is 2.51. The van der Waals surface area contributed by atoms with E-state index in [-0.39, 0.29) is 12.5 Å². The fourth-order valence-electron chi connectivity index (χ4n) is 1.53. The number of thiazole rings is 1. The lowest BCUT2D eigenvalue weighted by Gasteiger charge is -2.03. The van der Waals surface area contributed by atoms with Crippen molar-refractivity contribution in [3.05, 3.63) is 40.9 Å². The monoisotopic (exact) mass is 309 g/mol. The zero-order valence-corrected chi connectivity index (χ0v) is 12.0. The highest BCUT2D eigenvalue weighted by Crippen LogP contribution is 2.24. The molecule has 1 heterocycles. The van der Waals surface area contributed by atoms with Crippen LogP contribution in [-0.4, -0.2) is 23.3 Å². The van der Waals surface area contributed by atoms with Gasteiger partial charge in [-0.2, -0.15) is 0 Å². The number of alkyl halides is 1. The Morgan fingerprint density at radius 2 is 2.00 bits per heavy atom. The first-order valence-electron chi connectivity index (χ1n) is 5.77. The highest BCUT2D eigenvalue weighted by molar-refractivity contribution is 7.13. The molecule has 0 bridgehead atoms. The first kappa shape index (κ1) is 14.5. The number of primary amides is 1. The van der Waals surface area contributed by atoms with Gasteiger partial charge in [-0.15, -0.1) is 22.9 Å². The molecule has 3 N–H and O–H groups in total. The molecular weight excluding hydrogens is 298 g/mol. The van der Waals surface area contributed by atoms with Gasteiger partial charge < -0.3 is 11.1 Å². The third-order valence-corrected chi connectivity index (χ3v) is 3.72. The topological polar surface area (TPSA) is 85.1 Å². The third kappa shape index (κ3) is 3.55. The minimum absolute atomic E-state index is 0.174. The van der Waals surface area contributed by atoms with Gasteiger partial charge in [0, 0.05) is 16.5 Å². The van der Waals surface area contributed by atoms with E-state index >= 15 is 0 Å². The van der Waals surface area contributed by atoms with Gasteiger partial charge in [0.2, 0.25) is 5.91 Å². The van der Waals surface area contributed by atoms with Gasteiger partial charge >= 0.3 is 0 Å². The van der Waals surface area contributed by atoms with Gasteiger partial charge in [-0.3, -0.25) is 9.59 Å². The van der Waals surface area contributed by atoms with Gasteiger partial charge in [0.05, 0.1) is 18.1 Å². The average molecular weight is 310 g/mol. The second-order valence-corrected chi connectivity index (χ2v) is 5.13. The second kappa shape index (κ2) is 6.49. The molecule has 2 aromatic rings. The summed E-state index contributed by atoms with van der Waals surface area (Å²) >= 11 is 7.21. The summed E-state index contributed by atoms with van der Waals surface area (Å²) in [6.07, 6.45) is 0. The predicted octanol–water partition coefficient (Wildman–Crippen LogP) is 1.76. The van der Waals surface area contributed by atoms with Gasteiger partial charge in [0.25, 0.3) is 5.91 Å². The minimum atomic E-state index is -0.577. The number of halogens is 1. The number of hydrogen-bond donors (Lipinski definition) is 2. The molecule has 0 aliphatic carbocycles. The van der Waals surface area contributed by atoms with Crippen LogP contribution in [0.3, 0.4) is 0 Å². The number of amides is 2. The number of nitrogens with two attached hydrogens (primary N) is 1. The van der Waals surface area contributed by atoms with E-state index in [1.165, 1.54) is 11.3 Å². The predicted molar refractivity (Wildman–Crippen MR) is 78.6 cm³/mol. The van der Waals surface area contributed by atoms with Gasteiger partial charge in [-0.05, 0) is 12.1 Å². The van der Waals surface area contributed by atoms with E-state index in [1.807, 2.05) is 5.38 Å². The van der Waals surface area contributed by atoms with E-state index in [1.54, 1.807) is 24.3 Å². The summed E-state index contributed by atoms with van der Waals surface area (Å²) in [6.45, 7) is -0.174. The quantitative estimate of drug-likeness (QED) is 0.825. The summed E-state index contributed by atoms with van der Waals surface area (Å²) in [4.78, 5) is 26.7. The van der Waals surface area contributed by atoms with Crippen LogP contribution in [0.4, 0.5) is 0 Å². The number of hydrogen-bond acceptors (Lipinski definition) is 4. The van der Waals surface area contributed by atoms with Crippen molar-refractivity contribution in [2.45, 2.75) is 5.88 Å². The molecular formula is C13H12ClN3O2S. The largest absolute Gasteiger partial charge is 0.368 e. The summed E-state index contributed by atoms with van der Waals surface area (Å²) in [5.41, 5.74) is 7.17. The molecule has 0 fully saturated rings. The molecule has 1 aromatic heterocycles. The van der Waals surface area contributed by atoms with Crippen LogP contribution < -0.4 is 11.1 Å². The highest BCUT2D eigenvalue weighted by Gasteiger charge is 2.08. The minimum Gasteiger partial charge on any atom is -0.368 e. The summed E-state index contributed by atoms with van der Waals surface area (Å²) in [6, 6.07) is 6.95. The number of carbonyl (C=O) groups is 2. The van der Waals surface area contributed by atoms with Crippen LogP contribution in [-0.2, 0) is 10.7 Å². The normalized spacial score (nSPS) is 10.2. The van der Waals surface area contributed by atoms with E-state index in [4.69, 9.17) is 17.3 Å². The summed E-state index contributed by atoms with van der Waals surface area (Å²) in [7, 11) is 0. The van der Waals surface area contributed by atoms with E-state index < -0.39 is 5.91 Å². The molecule has 5 nitrogen and oxygen atoms in total. The smallest absolute Gasteiger partial charge is 0.251 e. The van der Waals surface area contributed by atoms with Crippen molar-refractivity contribution in [1.82, 2.24) is 10.3 Å². The van der Waals surface area contributed by atoms with Crippen molar-refractivity contribution in [3.8, 4) is 10.6 Å². The van der Waals surface area contributed by atoms with Crippen molar-refractivity contribution in [3.63, 3.8) is 0 Å². The summed E-state index contributed by atoms with van der Waals surface area (Å²) in [5, 5.41) is 5.18. The number of nitrogens with zero attached hydrogens (tertiary/aromatic N) is 1. The molecule has 20 heavy (non-hydrogen) atoms. The van der Waals surface area contributed by atoms with Crippen LogP contribution in [0, 0.1) is 0 Å². The van der Waals surface area contributed by atoms with Crippen molar-refractivity contribution in [2.24, 2.45) is 5.73 Å². The lowest BCUT2D eigenvalue weighted by molar-refractivity contribution is -0.117. The van der Waals surface area contributed by atoms with Crippen molar-refractivity contribution >= 4 is 34.8 Å². The van der Waals surface area contributed by atoms with Crippen LogP contribution in [0.2, 0.25) is 0 Å². The van der Waals surface area contributed by atoms with Crippen LogP contribution in [0.15, 0.2) is 29.6 Å². The Balaban J connectivity index is 2.09. The van der Waals surface area contributed by atoms with Gasteiger partial charge in [0.1, 0.15) is 5.01 Å². The molecule has 0 aliphatic rings. The van der Waals surface area contributed by atoms with E-state index in [0.717, 1.165) is 16.3 Å².